The Hall–Kier alpha value is -2.56. The number of aliphatic hydroxyl groups is 1. The van der Waals surface area contributed by atoms with Crippen molar-refractivity contribution in [3.05, 3.63) is 100.0 Å². The molecule has 2 aromatic carbocycles. The Labute approximate surface area is 170 Å². The number of nitrogens with zero attached hydrogens (tertiary/aromatic N) is 1. The molecular weight excluding hydrogens is 374 g/mol. The van der Waals surface area contributed by atoms with E-state index in [1.807, 2.05) is 53.1 Å². The van der Waals surface area contributed by atoms with Gasteiger partial charge in [-0.1, -0.05) is 60.7 Å². The van der Waals surface area contributed by atoms with Crippen molar-refractivity contribution >= 4 is 11.6 Å². The van der Waals surface area contributed by atoms with E-state index < -0.39 is 0 Å². The number of pyridine rings is 1. The number of halogens is 1. The van der Waals surface area contributed by atoms with Gasteiger partial charge in [-0.2, -0.15) is 0 Å². The molecule has 1 aromatic heterocycles. The molecule has 0 aliphatic carbocycles. The van der Waals surface area contributed by atoms with Gasteiger partial charge in [0.15, 0.2) is 5.75 Å². The fourth-order valence-corrected chi connectivity index (χ4v) is 3.27. The quantitative estimate of drug-likeness (QED) is 0.551. The van der Waals surface area contributed by atoms with Crippen molar-refractivity contribution in [2.45, 2.75) is 38.0 Å². The van der Waals surface area contributed by atoms with Crippen LogP contribution in [0.1, 0.15) is 23.2 Å². The highest BCUT2D eigenvalue weighted by molar-refractivity contribution is 6.20. The normalized spacial score (nSPS) is 11.9. The lowest BCUT2D eigenvalue weighted by molar-refractivity contribution is 0.265. The molecule has 0 aliphatic heterocycles. The van der Waals surface area contributed by atoms with Crippen LogP contribution in [0.4, 0.5) is 0 Å². The number of aliphatic hydroxyl groups excluding tert-OH is 1. The van der Waals surface area contributed by atoms with Gasteiger partial charge in [-0.05, 0) is 24.0 Å². The third kappa shape index (κ3) is 5.72. The first-order chi connectivity index (χ1) is 13.7. The molecule has 3 aromatic rings. The van der Waals surface area contributed by atoms with Crippen LogP contribution in [-0.4, -0.2) is 15.1 Å². The zero-order chi connectivity index (χ0) is 19.8. The van der Waals surface area contributed by atoms with E-state index in [-0.39, 0.29) is 23.2 Å². The fraction of sp³-hybridized carbons (Fsp3) is 0.261. The minimum absolute atomic E-state index is 0.130. The zero-order valence-corrected chi connectivity index (χ0v) is 16.4. The first-order valence-electron chi connectivity index (χ1n) is 9.34. The van der Waals surface area contributed by atoms with E-state index in [1.54, 1.807) is 6.20 Å². The van der Waals surface area contributed by atoms with E-state index in [9.17, 15) is 9.90 Å². The van der Waals surface area contributed by atoms with Crippen molar-refractivity contribution in [3.63, 3.8) is 0 Å². The van der Waals surface area contributed by atoms with Gasteiger partial charge in [0.1, 0.15) is 6.61 Å². The topological polar surface area (TPSA) is 51.5 Å². The fourth-order valence-electron chi connectivity index (χ4n) is 3.02. The zero-order valence-electron chi connectivity index (χ0n) is 15.6. The first kappa shape index (κ1) is 20.2. The van der Waals surface area contributed by atoms with Crippen LogP contribution in [0.2, 0.25) is 0 Å². The van der Waals surface area contributed by atoms with Crippen LogP contribution in [0.15, 0.2) is 77.7 Å². The van der Waals surface area contributed by atoms with Crippen LogP contribution >= 0.6 is 11.6 Å². The van der Waals surface area contributed by atoms with E-state index in [1.165, 1.54) is 11.6 Å². The molecule has 0 aliphatic rings. The van der Waals surface area contributed by atoms with Gasteiger partial charge in [-0.25, -0.2) is 0 Å². The lowest BCUT2D eigenvalue weighted by Crippen LogP contribution is -2.19. The highest BCUT2D eigenvalue weighted by Gasteiger charge is 2.12. The molecule has 28 heavy (non-hydrogen) atoms. The smallest absolute Gasteiger partial charge is 0.223 e. The molecule has 1 heterocycles. The maximum absolute atomic E-state index is 12.3. The Bertz CT molecular complexity index is 926. The predicted molar refractivity (Wildman–Crippen MR) is 112 cm³/mol. The average molecular weight is 398 g/mol. The Kier molecular flexibility index (Phi) is 7.29. The SMILES string of the molecule is O=c1cc(CO)n(CC(Cl)CCc2ccccc2)cc1OCc1ccccc1. The predicted octanol–water partition coefficient (Wildman–Crippen LogP) is 4.16. The monoisotopic (exact) mass is 397 g/mol. The molecule has 0 fully saturated rings. The van der Waals surface area contributed by atoms with Crippen molar-refractivity contribution < 1.29 is 9.84 Å². The summed E-state index contributed by atoms with van der Waals surface area (Å²) in [5, 5.41) is 9.49. The van der Waals surface area contributed by atoms with Crippen LogP contribution < -0.4 is 10.2 Å². The second-order valence-corrected chi connectivity index (χ2v) is 7.32. The number of aryl methyl sites for hydroxylation is 1. The third-order valence-corrected chi connectivity index (χ3v) is 4.92. The summed E-state index contributed by atoms with van der Waals surface area (Å²) in [7, 11) is 0. The summed E-state index contributed by atoms with van der Waals surface area (Å²) in [5.41, 5.74) is 2.51. The number of aromatic nitrogens is 1. The molecule has 0 saturated heterocycles. The van der Waals surface area contributed by atoms with Crippen molar-refractivity contribution in [2.75, 3.05) is 0 Å². The minimum atomic E-state index is -0.244. The van der Waals surface area contributed by atoms with Crippen LogP contribution in [0.25, 0.3) is 0 Å². The maximum atomic E-state index is 12.3. The van der Waals surface area contributed by atoms with Crippen molar-refractivity contribution in [1.29, 1.82) is 0 Å². The molecule has 1 atom stereocenters. The molecule has 5 heteroatoms. The van der Waals surface area contributed by atoms with E-state index in [0.29, 0.717) is 18.8 Å². The molecule has 0 radical (unpaired) electrons. The van der Waals surface area contributed by atoms with Gasteiger partial charge < -0.3 is 14.4 Å². The van der Waals surface area contributed by atoms with E-state index in [0.717, 1.165) is 18.4 Å². The van der Waals surface area contributed by atoms with Gasteiger partial charge in [0.2, 0.25) is 5.43 Å². The Morgan fingerprint density at radius 2 is 1.64 bits per heavy atom. The van der Waals surface area contributed by atoms with Crippen LogP contribution in [-0.2, 0) is 26.2 Å². The second-order valence-electron chi connectivity index (χ2n) is 6.70. The van der Waals surface area contributed by atoms with Crippen molar-refractivity contribution in [3.8, 4) is 5.75 Å². The minimum Gasteiger partial charge on any atom is -0.483 e. The van der Waals surface area contributed by atoms with E-state index in [4.69, 9.17) is 16.3 Å². The van der Waals surface area contributed by atoms with Crippen LogP contribution in [0.5, 0.6) is 5.75 Å². The molecule has 1 N–H and O–H groups in total. The van der Waals surface area contributed by atoms with Gasteiger partial charge in [0, 0.05) is 18.3 Å². The van der Waals surface area contributed by atoms with Gasteiger partial charge in [0.05, 0.1) is 18.2 Å². The number of hydrogen-bond donors (Lipinski definition) is 1. The lowest BCUT2D eigenvalue weighted by atomic mass is 10.1. The molecule has 0 bridgehead atoms. The molecule has 4 nitrogen and oxygen atoms in total. The highest BCUT2D eigenvalue weighted by Crippen LogP contribution is 2.15. The third-order valence-electron chi connectivity index (χ3n) is 4.57. The highest BCUT2D eigenvalue weighted by atomic mass is 35.5. The summed E-state index contributed by atoms with van der Waals surface area (Å²) in [6.07, 6.45) is 3.32. The van der Waals surface area contributed by atoms with Gasteiger partial charge in [-0.15, -0.1) is 11.6 Å². The summed E-state index contributed by atoms with van der Waals surface area (Å²) >= 11 is 6.54. The molecule has 3 rings (SSSR count). The van der Waals surface area contributed by atoms with Gasteiger partial charge in [0.25, 0.3) is 0 Å². The molecular formula is C23H24ClNO3. The molecule has 0 saturated carbocycles. The average Bonchev–Trinajstić information content (AvgIpc) is 2.73. The molecule has 1 unspecified atom stereocenters. The number of hydrogen-bond acceptors (Lipinski definition) is 3. The Morgan fingerprint density at radius 1 is 1.00 bits per heavy atom. The number of ether oxygens (including phenoxy) is 1. The Morgan fingerprint density at radius 3 is 2.29 bits per heavy atom. The van der Waals surface area contributed by atoms with Crippen LogP contribution in [0, 0.1) is 0 Å². The Balaban J connectivity index is 1.67. The second kappa shape index (κ2) is 10.1. The summed E-state index contributed by atoms with van der Waals surface area (Å²) in [5.74, 6) is 0.257. The first-order valence-corrected chi connectivity index (χ1v) is 9.78. The van der Waals surface area contributed by atoms with Gasteiger partial charge >= 0.3 is 0 Å². The summed E-state index contributed by atoms with van der Waals surface area (Å²) in [6.45, 7) is 0.579. The standard InChI is InChI=1S/C23H24ClNO3/c24-20(12-11-18-7-3-1-4-8-18)14-25-15-23(22(27)13-21(25)16-26)28-17-19-9-5-2-6-10-19/h1-10,13,15,20,26H,11-12,14,16-17H2. The van der Waals surface area contributed by atoms with Crippen molar-refractivity contribution in [1.82, 2.24) is 4.57 Å². The summed E-state index contributed by atoms with van der Waals surface area (Å²) in [6, 6.07) is 21.3. The number of alkyl halides is 1. The summed E-state index contributed by atoms with van der Waals surface area (Å²) < 4.78 is 7.53. The van der Waals surface area contributed by atoms with Crippen molar-refractivity contribution in [2.24, 2.45) is 0 Å². The van der Waals surface area contributed by atoms with E-state index >= 15 is 0 Å². The summed E-state index contributed by atoms with van der Waals surface area (Å²) in [4.78, 5) is 12.3. The molecule has 146 valence electrons. The number of benzene rings is 2. The molecule has 0 spiro atoms. The van der Waals surface area contributed by atoms with Gasteiger partial charge in [-0.3, -0.25) is 4.79 Å². The van der Waals surface area contributed by atoms with E-state index in [2.05, 4.69) is 12.1 Å². The van der Waals surface area contributed by atoms with Crippen LogP contribution in [0.3, 0.4) is 0 Å². The largest absolute Gasteiger partial charge is 0.483 e. The number of rotatable bonds is 9. The maximum Gasteiger partial charge on any atom is 0.223 e. The lowest BCUT2D eigenvalue weighted by Gasteiger charge is -2.17. The molecule has 0 amide bonds.